The maximum absolute atomic E-state index is 14.8. The topological polar surface area (TPSA) is 92.4 Å². The van der Waals surface area contributed by atoms with Gasteiger partial charge in [0.25, 0.3) is 5.69 Å². The van der Waals surface area contributed by atoms with Crippen LogP contribution in [-0.2, 0) is 0 Å². The molecule has 4 aromatic carbocycles. The van der Waals surface area contributed by atoms with Gasteiger partial charge in [-0.2, -0.15) is 5.11 Å². The van der Waals surface area contributed by atoms with Crippen LogP contribution in [0.1, 0.15) is 20.8 Å². The molecule has 0 aromatic heterocycles. The summed E-state index contributed by atoms with van der Waals surface area (Å²) in [6.45, 7) is 8.46. The smallest absolute Gasteiger partial charge is 0.269 e. The molecule has 0 saturated carbocycles. The lowest BCUT2D eigenvalue weighted by molar-refractivity contribution is -0.384. The Morgan fingerprint density at radius 3 is 2.38 bits per heavy atom. The first-order chi connectivity index (χ1) is 17.9. The van der Waals surface area contributed by atoms with E-state index in [0.29, 0.717) is 23.7 Å². The van der Waals surface area contributed by atoms with Crippen LogP contribution in [0, 0.1) is 15.9 Å². The maximum Gasteiger partial charge on any atom is 0.269 e. The van der Waals surface area contributed by atoms with Crippen LogP contribution in [0.15, 0.2) is 83.0 Å². The average molecular weight is 502 g/mol. The molecule has 9 heteroatoms. The van der Waals surface area contributed by atoms with Gasteiger partial charge in [-0.1, -0.05) is 12.1 Å². The molecule has 0 radical (unpaired) electrons. The van der Waals surface area contributed by atoms with Crippen molar-refractivity contribution in [2.75, 3.05) is 29.9 Å². The summed E-state index contributed by atoms with van der Waals surface area (Å²) in [6, 6.07) is 20.4. The molecule has 8 nitrogen and oxygen atoms in total. The van der Waals surface area contributed by atoms with E-state index < -0.39 is 10.7 Å². The van der Waals surface area contributed by atoms with Crippen molar-refractivity contribution in [2.24, 2.45) is 10.2 Å². The number of nitrogens with zero attached hydrogens (tertiary/aromatic N) is 4. The molecule has 0 aliphatic rings. The first-order valence-electron chi connectivity index (χ1n) is 12.1. The Hall–Kier alpha value is -4.53. The molecule has 0 bridgehead atoms. The maximum atomic E-state index is 14.8. The zero-order valence-electron chi connectivity index (χ0n) is 20.9. The monoisotopic (exact) mass is 501 g/mol. The summed E-state index contributed by atoms with van der Waals surface area (Å²) in [5, 5.41) is 24.2. The number of nitrogens with one attached hydrogen (secondary N) is 1. The van der Waals surface area contributed by atoms with Crippen molar-refractivity contribution in [1.29, 1.82) is 0 Å². The van der Waals surface area contributed by atoms with E-state index >= 15 is 0 Å². The third kappa shape index (κ3) is 5.83. The van der Waals surface area contributed by atoms with E-state index in [1.54, 1.807) is 6.07 Å². The highest BCUT2D eigenvalue weighted by Gasteiger charge is 2.14. The Morgan fingerprint density at radius 1 is 0.946 bits per heavy atom. The van der Waals surface area contributed by atoms with Crippen molar-refractivity contribution < 1.29 is 14.1 Å². The molecule has 0 heterocycles. The Balaban J connectivity index is 1.72. The lowest BCUT2D eigenvalue weighted by Gasteiger charge is -2.21. The molecule has 0 fully saturated rings. The molecular formula is C28H28FN5O3. The molecule has 0 atom stereocenters. The average Bonchev–Trinajstić information content (AvgIpc) is 2.90. The van der Waals surface area contributed by atoms with Gasteiger partial charge in [0.1, 0.15) is 17.3 Å². The fourth-order valence-electron chi connectivity index (χ4n) is 4.02. The third-order valence-corrected chi connectivity index (χ3v) is 5.92. The summed E-state index contributed by atoms with van der Waals surface area (Å²) in [6.07, 6.45) is 0. The van der Waals surface area contributed by atoms with Crippen LogP contribution in [0.25, 0.3) is 10.8 Å². The molecular weight excluding hydrogens is 473 g/mol. The van der Waals surface area contributed by atoms with Crippen molar-refractivity contribution in [2.45, 2.75) is 20.8 Å². The Morgan fingerprint density at radius 2 is 1.70 bits per heavy atom. The number of fused-ring (bicyclic) bond motifs is 1. The van der Waals surface area contributed by atoms with E-state index in [1.807, 2.05) is 31.2 Å². The second-order valence-corrected chi connectivity index (χ2v) is 8.24. The van der Waals surface area contributed by atoms with Crippen molar-refractivity contribution in [3.63, 3.8) is 0 Å². The van der Waals surface area contributed by atoms with Crippen molar-refractivity contribution >= 4 is 39.2 Å². The lowest BCUT2D eigenvalue weighted by atomic mass is 10.1. The number of rotatable bonds is 10. The molecule has 0 unspecified atom stereocenters. The van der Waals surface area contributed by atoms with Crippen LogP contribution in [0.5, 0.6) is 11.5 Å². The highest BCUT2D eigenvalue weighted by molar-refractivity contribution is 5.91. The van der Waals surface area contributed by atoms with E-state index in [-0.39, 0.29) is 17.1 Å². The van der Waals surface area contributed by atoms with Gasteiger partial charge in [0.05, 0.1) is 16.3 Å². The summed E-state index contributed by atoms with van der Waals surface area (Å²) < 4.78 is 21.1. The first kappa shape index (κ1) is 25.6. The van der Waals surface area contributed by atoms with E-state index in [2.05, 4.69) is 46.4 Å². The summed E-state index contributed by atoms with van der Waals surface area (Å²) in [5.41, 5.74) is 1.94. The van der Waals surface area contributed by atoms with Gasteiger partial charge in [0.15, 0.2) is 5.75 Å². The van der Waals surface area contributed by atoms with Gasteiger partial charge in [-0.3, -0.25) is 10.1 Å². The number of ether oxygens (including phenoxy) is 1. The van der Waals surface area contributed by atoms with E-state index in [0.717, 1.165) is 29.5 Å². The molecule has 0 aliphatic heterocycles. The SMILES string of the molecule is CCNc1cc(Oc2cccc3cc(N(CC)CC)ccc23)c(N=Nc2ccc([N+](=O)[O-])cc2)cc1F. The predicted octanol–water partition coefficient (Wildman–Crippen LogP) is 8.37. The largest absolute Gasteiger partial charge is 0.454 e. The minimum atomic E-state index is -0.492. The van der Waals surface area contributed by atoms with Gasteiger partial charge in [0.2, 0.25) is 0 Å². The standard InChI is InChI=1S/C28H28FN5O3/c1-4-30-25-18-28(26(17-24(25)29)32-31-20-10-12-21(13-11-20)34(35)36)37-27-9-7-8-19-16-22(14-15-23(19)27)33(5-2)6-3/h7-18,30H,4-6H2,1-3H3. The molecule has 0 amide bonds. The molecule has 4 aromatic rings. The number of halogens is 1. The number of nitro groups is 1. The molecule has 190 valence electrons. The summed E-state index contributed by atoms with van der Waals surface area (Å²) in [4.78, 5) is 12.7. The zero-order chi connectivity index (χ0) is 26.4. The molecule has 1 N–H and O–H groups in total. The number of non-ortho nitro benzene ring substituents is 1. The van der Waals surface area contributed by atoms with Crippen LogP contribution in [0.4, 0.5) is 32.8 Å². The second kappa shape index (κ2) is 11.5. The fraction of sp³-hybridized carbons (Fsp3) is 0.214. The van der Waals surface area contributed by atoms with Crippen LogP contribution in [0.3, 0.4) is 0 Å². The first-order valence-corrected chi connectivity index (χ1v) is 12.1. The highest BCUT2D eigenvalue weighted by Crippen LogP contribution is 2.40. The fourth-order valence-corrected chi connectivity index (χ4v) is 4.02. The summed E-state index contributed by atoms with van der Waals surface area (Å²) in [7, 11) is 0. The van der Waals surface area contributed by atoms with Crippen LogP contribution in [-0.4, -0.2) is 24.6 Å². The number of hydrogen-bond acceptors (Lipinski definition) is 7. The zero-order valence-corrected chi connectivity index (χ0v) is 20.9. The summed E-state index contributed by atoms with van der Waals surface area (Å²) >= 11 is 0. The second-order valence-electron chi connectivity index (χ2n) is 8.24. The Bertz CT molecular complexity index is 1440. The van der Waals surface area contributed by atoms with Crippen molar-refractivity contribution in [3.05, 3.63) is 88.7 Å². The molecule has 0 aliphatic carbocycles. The Labute approximate surface area is 214 Å². The normalized spacial score (nSPS) is 11.1. The summed E-state index contributed by atoms with van der Waals surface area (Å²) in [5.74, 6) is 0.432. The van der Waals surface area contributed by atoms with E-state index in [4.69, 9.17) is 4.74 Å². The molecule has 37 heavy (non-hydrogen) atoms. The van der Waals surface area contributed by atoms with Crippen LogP contribution >= 0.6 is 0 Å². The quantitative estimate of drug-likeness (QED) is 0.134. The molecule has 4 rings (SSSR count). The van der Waals surface area contributed by atoms with Gasteiger partial charge in [0, 0.05) is 55.0 Å². The van der Waals surface area contributed by atoms with Crippen LogP contribution < -0.4 is 15.0 Å². The minimum absolute atomic E-state index is 0.0517. The van der Waals surface area contributed by atoms with Gasteiger partial charge >= 0.3 is 0 Å². The van der Waals surface area contributed by atoms with Crippen molar-refractivity contribution in [3.8, 4) is 11.5 Å². The highest BCUT2D eigenvalue weighted by atomic mass is 19.1. The van der Waals surface area contributed by atoms with E-state index in [9.17, 15) is 14.5 Å². The number of benzene rings is 4. The van der Waals surface area contributed by atoms with E-state index in [1.165, 1.54) is 30.3 Å². The molecule has 0 spiro atoms. The molecule has 0 saturated heterocycles. The number of nitro benzene ring substituents is 1. The lowest BCUT2D eigenvalue weighted by Crippen LogP contribution is -2.21. The Kier molecular flexibility index (Phi) is 7.92. The number of hydrogen-bond donors (Lipinski definition) is 1. The minimum Gasteiger partial charge on any atom is -0.454 e. The van der Waals surface area contributed by atoms with Gasteiger partial charge in [-0.25, -0.2) is 4.39 Å². The number of anilines is 2. The van der Waals surface area contributed by atoms with Crippen molar-refractivity contribution in [1.82, 2.24) is 0 Å². The van der Waals surface area contributed by atoms with Crippen LogP contribution in [0.2, 0.25) is 0 Å². The van der Waals surface area contributed by atoms with Gasteiger partial charge in [-0.15, -0.1) is 5.11 Å². The van der Waals surface area contributed by atoms with Gasteiger partial charge in [-0.05, 0) is 62.6 Å². The van der Waals surface area contributed by atoms with Gasteiger partial charge < -0.3 is 15.0 Å². The predicted molar refractivity (Wildman–Crippen MR) is 145 cm³/mol. The third-order valence-electron chi connectivity index (χ3n) is 5.92. The number of azo groups is 1.